The van der Waals surface area contributed by atoms with Gasteiger partial charge in [-0.05, 0) is 48.5 Å². The molecule has 6 nitrogen and oxygen atoms in total. The highest BCUT2D eigenvalue weighted by atomic mass is 16.6. The fourth-order valence-electron chi connectivity index (χ4n) is 2.56. The lowest BCUT2D eigenvalue weighted by atomic mass is 9.90. The van der Waals surface area contributed by atoms with Crippen molar-refractivity contribution >= 4 is 12.4 Å². The zero-order valence-corrected chi connectivity index (χ0v) is 14.9. The van der Waals surface area contributed by atoms with E-state index in [2.05, 4.69) is 5.10 Å². The van der Waals surface area contributed by atoms with Crippen LogP contribution in [0.2, 0.25) is 0 Å². The van der Waals surface area contributed by atoms with Crippen molar-refractivity contribution in [3.63, 3.8) is 0 Å². The molecule has 0 saturated carbocycles. The SMILES string of the molecule is CCn1nc(C)c(C(C)(C=O)N(C)C(=O)OC(C)(C)C)c1C. The Morgan fingerprint density at radius 1 is 1.32 bits per heavy atom. The van der Waals surface area contributed by atoms with Gasteiger partial charge in [-0.25, -0.2) is 4.79 Å². The van der Waals surface area contributed by atoms with Gasteiger partial charge < -0.3 is 9.53 Å². The molecule has 22 heavy (non-hydrogen) atoms. The van der Waals surface area contributed by atoms with Gasteiger partial charge in [-0.2, -0.15) is 5.10 Å². The fourth-order valence-corrected chi connectivity index (χ4v) is 2.56. The Balaban J connectivity index is 3.30. The third-order valence-corrected chi connectivity index (χ3v) is 3.78. The number of hydrogen-bond donors (Lipinski definition) is 0. The van der Waals surface area contributed by atoms with Crippen LogP contribution in [0.1, 0.15) is 51.6 Å². The monoisotopic (exact) mass is 309 g/mol. The second kappa shape index (κ2) is 6.10. The number of aromatic nitrogens is 2. The standard InChI is InChI=1S/C16H27N3O3/c1-9-19-12(3)13(11(2)17-19)16(7,10-20)18(8)14(21)22-15(4,5)6/h10H,9H2,1-8H3. The van der Waals surface area contributed by atoms with Gasteiger partial charge in [-0.3, -0.25) is 9.58 Å². The number of amides is 1. The topological polar surface area (TPSA) is 64.4 Å². The first-order valence-corrected chi connectivity index (χ1v) is 7.45. The maximum absolute atomic E-state index is 12.4. The molecule has 0 fully saturated rings. The summed E-state index contributed by atoms with van der Waals surface area (Å²) in [4.78, 5) is 25.5. The summed E-state index contributed by atoms with van der Waals surface area (Å²) in [5.41, 5.74) is 0.628. The second-order valence-corrected chi connectivity index (χ2v) is 6.67. The molecule has 0 radical (unpaired) electrons. The molecule has 0 N–H and O–H groups in total. The zero-order valence-electron chi connectivity index (χ0n) is 14.9. The van der Waals surface area contributed by atoms with Crippen LogP contribution in [0, 0.1) is 13.8 Å². The third kappa shape index (κ3) is 3.31. The molecule has 0 aromatic carbocycles. The Kier molecular flexibility index (Phi) is 5.05. The van der Waals surface area contributed by atoms with Gasteiger partial charge >= 0.3 is 6.09 Å². The Labute approximate surface area is 132 Å². The number of carbonyl (C=O) groups excluding carboxylic acids is 2. The van der Waals surface area contributed by atoms with Crippen LogP contribution in [0.3, 0.4) is 0 Å². The Morgan fingerprint density at radius 2 is 1.86 bits per heavy atom. The largest absolute Gasteiger partial charge is 0.444 e. The van der Waals surface area contributed by atoms with Crippen molar-refractivity contribution in [2.24, 2.45) is 0 Å². The minimum atomic E-state index is -1.12. The van der Waals surface area contributed by atoms with Crippen LogP contribution < -0.4 is 0 Å². The summed E-state index contributed by atoms with van der Waals surface area (Å²) in [5, 5.41) is 4.44. The van der Waals surface area contributed by atoms with Gasteiger partial charge in [0.2, 0.25) is 0 Å². The van der Waals surface area contributed by atoms with E-state index in [1.165, 1.54) is 4.90 Å². The number of aldehydes is 1. The maximum Gasteiger partial charge on any atom is 0.411 e. The molecule has 6 heteroatoms. The molecule has 1 amide bonds. The van der Waals surface area contributed by atoms with Crippen molar-refractivity contribution in [1.29, 1.82) is 0 Å². The lowest BCUT2D eigenvalue weighted by molar-refractivity contribution is -0.117. The lowest BCUT2D eigenvalue weighted by Gasteiger charge is -2.35. The van der Waals surface area contributed by atoms with E-state index in [-0.39, 0.29) is 0 Å². The summed E-state index contributed by atoms with van der Waals surface area (Å²) in [6.07, 6.45) is 0.235. The van der Waals surface area contributed by atoms with Crippen molar-refractivity contribution in [3.05, 3.63) is 17.0 Å². The summed E-state index contributed by atoms with van der Waals surface area (Å²) in [6, 6.07) is 0. The van der Waals surface area contributed by atoms with E-state index in [1.54, 1.807) is 34.7 Å². The predicted octanol–water partition coefficient (Wildman–Crippen LogP) is 2.80. The van der Waals surface area contributed by atoms with E-state index in [0.29, 0.717) is 6.54 Å². The Bertz CT molecular complexity index is 572. The van der Waals surface area contributed by atoms with E-state index in [9.17, 15) is 9.59 Å². The number of ether oxygens (including phenoxy) is 1. The number of likely N-dealkylation sites (N-methyl/N-ethyl adjacent to an activating group) is 1. The van der Waals surface area contributed by atoms with Crippen molar-refractivity contribution in [2.45, 2.75) is 66.2 Å². The number of rotatable bonds is 4. The number of nitrogens with zero attached hydrogens (tertiary/aromatic N) is 3. The third-order valence-electron chi connectivity index (χ3n) is 3.78. The molecular formula is C16H27N3O3. The molecule has 124 valence electrons. The van der Waals surface area contributed by atoms with Crippen molar-refractivity contribution in [2.75, 3.05) is 7.05 Å². The van der Waals surface area contributed by atoms with Crippen LogP contribution in [-0.2, 0) is 21.6 Å². The highest BCUT2D eigenvalue weighted by Gasteiger charge is 2.40. The predicted molar refractivity (Wildman–Crippen MR) is 84.8 cm³/mol. The number of carbonyl (C=O) groups is 2. The van der Waals surface area contributed by atoms with Gasteiger partial charge in [0.15, 0.2) is 0 Å². The molecule has 0 bridgehead atoms. The van der Waals surface area contributed by atoms with Crippen molar-refractivity contribution in [3.8, 4) is 0 Å². The van der Waals surface area contributed by atoms with Gasteiger partial charge in [0, 0.05) is 24.8 Å². The van der Waals surface area contributed by atoms with Crippen LogP contribution >= 0.6 is 0 Å². The molecule has 0 aliphatic carbocycles. The number of hydrogen-bond acceptors (Lipinski definition) is 4. The first kappa shape index (κ1) is 18.2. The van der Waals surface area contributed by atoms with E-state index in [1.807, 2.05) is 25.5 Å². The maximum atomic E-state index is 12.4. The molecule has 1 rings (SSSR count). The highest BCUT2D eigenvalue weighted by molar-refractivity contribution is 5.78. The molecule has 1 unspecified atom stereocenters. The second-order valence-electron chi connectivity index (χ2n) is 6.67. The number of aryl methyl sites for hydroxylation is 2. The molecule has 1 atom stereocenters. The Hall–Kier alpha value is -1.85. The normalized spacial score (nSPS) is 14.4. The molecule has 0 aliphatic rings. The van der Waals surface area contributed by atoms with E-state index >= 15 is 0 Å². The molecule has 0 aliphatic heterocycles. The summed E-state index contributed by atoms with van der Waals surface area (Å²) in [7, 11) is 1.57. The average Bonchev–Trinajstić information content (AvgIpc) is 2.70. The molecule has 0 spiro atoms. The molecule has 1 heterocycles. The Morgan fingerprint density at radius 3 is 2.23 bits per heavy atom. The summed E-state index contributed by atoms with van der Waals surface area (Å²) in [5.74, 6) is 0. The van der Waals surface area contributed by atoms with E-state index < -0.39 is 17.2 Å². The van der Waals surface area contributed by atoms with Crippen LogP contribution in [0.15, 0.2) is 0 Å². The van der Waals surface area contributed by atoms with Crippen molar-refractivity contribution in [1.82, 2.24) is 14.7 Å². The summed E-state index contributed by atoms with van der Waals surface area (Å²) < 4.78 is 7.21. The molecular weight excluding hydrogens is 282 g/mol. The van der Waals surface area contributed by atoms with Crippen LogP contribution in [0.4, 0.5) is 4.79 Å². The summed E-state index contributed by atoms with van der Waals surface area (Å²) in [6.45, 7) is 13.5. The molecule has 1 aromatic rings. The van der Waals surface area contributed by atoms with Gasteiger partial charge in [0.25, 0.3) is 0 Å². The van der Waals surface area contributed by atoms with Gasteiger partial charge in [-0.15, -0.1) is 0 Å². The van der Waals surface area contributed by atoms with E-state index in [4.69, 9.17) is 4.74 Å². The van der Waals surface area contributed by atoms with Crippen LogP contribution in [0.25, 0.3) is 0 Å². The first-order valence-electron chi connectivity index (χ1n) is 7.45. The minimum Gasteiger partial charge on any atom is -0.444 e. The quantitative estimate of drug-likeness (QED) is 0.802. The van der Waals surface area contributed by atoms with Gasteiger partial charge in [0.05, 0.1) is 5.69 Å². The smallest absolute Gasteiger partial charge is 0.411 e. The fraction of sp³-hybridized carbons (Fsp3) is 0.688. The van der Waals surface area contributed by atoms with Crippen LogP contribution in [0.5, 0.6) is 0 Å². The lowest BCUT2D eigenvalue weighted by Crippen LogP contribution is -2.48. The molecule has 0 saturated heterocycles. The zero-order chi connectivity index (χ0) is 17.3. The average molecular weight is 309 g/mol. The first-order chi connectivity index (χ1) is 9.97. The van der Waals surface area contributed by atoms with Gasteiger partial charge in [0.1, 0.15) is 17.4 Å². The van der Waals surface area contributed by atoms with Crippen LogP contribution in [-0.4, -0.2) is 39.7 Å². The molecule has 1 aromatic heterocycles. The van der Waals surface area contributed by atoms with E-state index in [0.717, 1.165) is 23.2 Å². The highest BCUT2D eigenvalue weighted by Crippen LogP contribution is 2.31. The van der Waals surface area contributed by atoms with Gasteiger partial charge in [-0.1, -0.05) is 0 Å². The minimum absolute atomic E-state index is 0.537. The summed E-state index contributed by atoms with van der Waals surface area (Å²) >= 11 is 0. The van der Waals surface area contributed by atoms with Crippen molar-refractivity contribution < 1.29 is 14.3 Å².